The highest BCUT2D eigenvalue weighted by atomic mass is 35.5. The van der Waals surface area contributed by atoms with Gasteiger partial charge in [-0.05, 0) is 18.2 Å². The van der Waals surface area contributed by atoms with Crippen LogP contribution in [0.5, 0.6) is 0 Å². The molecule has 1 N–H and O–H groups in total. The summed E-state index contributed by atoms with van der Waals surface area (Å²) in [7, 11) is 1.27. The minimum absolute atomic E-state index is 0.141. The Morgan fingerprint density at radius 3 is 2.69 bits per heavy atom. The van der Waals surface area contributed by atoms with Gasteiger partial charge in [0, 0.05) is 24.2 Å². The summed E-state index contributed by atoms with van der Waals surface area (Å²) >= 11 is 5.66. The van der Waals surface area contributed by atoms with Crippen LogP contribution in [0, 0.1) is 5.82 Å². The molecule has 0 aliphatic rings. The van der Waals surface area contributed by atoms with Gasteiger partial charge in [0.15, 0.2) is 0 Å². The molecule has 0 saturated carbocycles. The van der Waals surface area contributed by atoms with Crippen LogP contribution in [0.4, 0.5) is 4.39 Å². The van der Waals surface area contributed by atoms with Crippen LogP contribution >= 0.6 is 11.6 Å². The van der Waals surface area contributed by atoms with Gasteiger partial charge in [0.25, 0.3) is 0 Å². The van der Waals surface area contributed by atoms with Crippen LogP contribution < -0.4 is 0 Å². The molecule has 1 aromatic rings. The van der Waals surface area contributed by atoms with Crippen molar-refractivity contribution in [1.82, 2.24) is 4.90 Å². The van der Waals surface area contributed by atoms with Gasteiger partial charge >= 0.3 is 11.9 Å². The number of carbonyl (C=O) groups is 2. The van der Waals surface area contributed by atoms with Crippen LogP contribution in [0.15, 0.2) is 18.2 Å². The number of amides is 1. The molecule has 0 unspecified atom stereocenters. The van der Waals surface area contributed by atoms with Crippen molar-refractivity contribution in [2.45, 2.75) is 6.54 Å². The maximum atomic E-state index is 13.3. The number of hydrogen-bond donors (Lipinski definition) is 1. The van der Waals surface area contributed by atoms with Crippen molar-refractivity contribution in [2.75, 3.05) is 7.05 Å². The second kappa shape index (κ2) is 4.94. The van der Waals surface area contributed by atoms with Crippen molar-refractivity contribution in [3.05, 3.63) is 34.6 Å². The van der Waals surface area contributed by atoms with Crippen molar-refractivity contribution in [2.24, 2.45) is 0 Å². The minimum atomic E-state index is -1.58. The molecule has 0 spiro atoms. The zero-order valence-electron chi connectivity index (χ0n) is 8.41. The Morgan fingerprint density at radius 2 is 2.12 bits per heavy atom. The summed E-state index contributed by atoms with van der Waals surface area (Å²) in [5, 5.41) is 8.77. The van der Waals surface area contributed by atoms with E-state index in [1.165, 1.54) is 19.2 Å². The molecule has 0 saturated heterocycles. The number of carboxylic acids is 1. The average molecular weight is 246 g/mol. The number of benzene rings is 1. The predicted octanol–water partition coefficient (Wildman–Crippen LogP) is 1.52. The number of carbonyl (C=O) groups excluding carboxylic acids is 1. The molecule has 0 atom stereocenters. The number of rotatable bonds is 2. The lowest BCUT2D eigenvalue weighted by atomic mass is 10.2. The van der Waals surface area contributed by atoms with Crippen LogP contribution in [0.3, 0.4) is 0 Å². The third kappa shape index (κ3) is 2.93. The summed E-state index contributed by atoms with van der Waals surface area (Å²) in [6.07, 6.45) is 0. The number of aliphatic carboxylic acids is 1. The third-order valence-electron chi connectivity index (χ3n) is 1.94. The highest BCUT2D eigenvalue weighted by Gasteiger charge is 2.18. The molecule has 0 aromatic heterocycles. The van der Waals surface area contributed by atoms with Gasteiger partial charge in [-0.3, -0.25) is 4.79 Å². The Bertz CT molecular complexity index is 436. The fraction of sp³-hybridized carbons (Fsp3) is 0.200. The van der Waals surface area contributed by atoms with Crippen LogP contribution in [-0.4, -0.2) is 28.9 Å². The summed E-state index contributed by atoms with van der Waals surface area (Å²) in [4.78, 5) is 22.3. The van der Waals surface area contributed by atoms with E-state index >= 15 is 0 Å². The zero-order valence-corrected chi connectivity index (χ0v) is 9.16. The highest BCUT2D eigenvalue weighted by molar-refractivity contribution is 6.31. The van der Waals surface area contributed by atoms with Gasteiger partial charge in [0.1, 0.15) is 5.82 Å². The molecule has 1 amide bonds. The Kier molecular flexibility index (Phi) is 3.84. The summed E-state index contributed by atoms with van der Waals surface area (Å²) < 4.78 is 13.3. The molecular formula is C10H9ClFNO3. The molecule has 6 heteroatoms. The lowest BCUT2D eigenvalue weighted by Crippen LogP contribution is -2.32. The normalized spacial score (nSPS) is 9.94. The average Bonchev–Trinajstić information content (AvgIpc) is 2.22. The highest BCUT2D eigenvalue weighted by Crippen LogP contribution is 2.16. The van der Waals surface area contributed by atoms with Crippen molar-refractivity contribution in [3.63, 3.8) is 0 Å². The fourth-order valence-electron chi connectivity index (χ4n) is 1.16. The van der Waals surface area contributed by atoms with Crippen molar-refractivity contribution >= 4 is 23.5 Å². The molecule has 4 nitrogen and oxygen atoms in total. The number of hydrogen-bond acceptors (Lipinski definition) is 2. The smallest absolute Gasteiger partial charge is 0.394 e. The van der Waals surface area contributed by atoms with Crippen molar-refractivity contribution < 1.29 is 19.1 Å². The lowest BCUT2D eigenvalue weighted by molar-refractivity contribution is -0.155. The molecule has 16 heavy (non-hydrogen) atoms. The largest absolute Gasteiger partial charge is 0.474 e. The monoisotopic (exact) mass is 245 g/mol. The quantitative estimate of drug-likeness (QED) is 0.804. The molecule has 86 valence electrons. The van der Waals surface area contributed by atoms with E-state index in [2.05, 4.69) is 0 Å². The molecule has 0 aliphatic heterocycles. The minimum Gasteiger partial charge on any atom is -0.474 e. The molecular weight excluding hydrogens is 237 g/mol. The van der Waals surface area contributed by atoms with E-state index < -0.39 is 17.7 Å². The Morgan fingerprint density at radius 1 is 1.50 bits per heavy atom. The molecule has 0 aliphatic carbocycles. The fourth-order valence-corrected chi connectivity index (χ4v) is 1.35. The lowest BCUT2D eigenvalue weighted by Gasteiger charge is -2.15. The molecule has 1 aromatic carbocycles. The summed E-state index contributed by atoms with van der Waals surface area (Å²) in [5.41, 5.74) is 0.171. The Labute approximate surface area is 96.2 Å². The summed E-state index contributed by atoms with van der Waals surface area (Å²) in [5.74, 6) is -3.21. The van der Waals surface area contributed by atoms with E-state index in [0.29, 0.717) is 5.02 Å². The third-order valence-corrected chi connectivity index (χ3v) is 2.18. The first kappa shape index (κ1) is 12.4. The van der Waals surface area contributed by atoms with Crippen LogP contribution in [-0.2, 0) is 16.1 Å². The van der Waals surface area contributed by atoms with Crippen molar-refractivity contribution in [1.29, 1.82) is 0 Å². The number of likely N-dealkylation sites (N-methyl/N-ethyl adjacent to an activating group) is 1. The maximum absolute atomic E-state index is 13.3. The van der Waals surface area contributed by atoms with Gasteiger partial charge in [-0.2, -0.15) is 0 Å². The SMILES string of the molecule is CN(Cc1cc(Cl)ccc1F)C(=O)C(=O)O. The molecule has 0 radical (unpaired) electrons. The topological polar surface area (TPSA) is 57.6 Å². The van der Waals surface area contributed by atoms with E-state index in [9.17, 15) is 14.0 Å². The van der Waals surface area contributed by atoms with Gasteiger partial charge in [0.05, 0.1) is 0 Å². The molecule has 1 rings (SSSR count). The van der Waals surface area contributed by atoms with E-state index in [0.717, 1.165) is 11.0 Å². The van der Waals surface area contributed by atoms with Gasteiger partial charge in [-0.25, -0.2) is 9.18 Å². The number of carboxylic acid groups (broad SMARTS) is 1. The van der Waals surface area contributed by atoms with E-state index in [1.54, 1.807) is 0 Å². The van der Waals surface area contributed by atoms with E-state index in [4.69, 9.17) is 16.7 Å². The molecule has 0 fully saturated rings. The zero-order chi connectivity index (χ0) is 12.3. The van der Waals surface area contributed by atoms with Gasteiger partial charge in [-0.1, -0.05) is 11.6 Å². The van der Waals surface area contributed by atoms with Gasteiger partial charge in [0.2, 0.25) is 0 Å². The van der Waals surface area contributed by atoms with Gasteiger partial charge in [-0.15, -0.1) is 0 Å². The van der Waals surface area contributed by atoms with E-state index in [1.807, 2.05) is 0 Å². The van der Waals surface area contributed by atoms with Gasteiger partial charge < -0.3 is 10.0 Å². The molecule has 0 heterocycles. The maximum Gasteiger partial charge on any atom is 0.394 e. The Balaban J connectivity index is 2.84. The van der Waals surface area contributed by atoms with Crippen LogP contribution in [0.25, 0.3) is 0 Å². The predicted molar refractivity (Wildman–Crippen MR) is 55.5 cm³/mol. The molecule has 0 bridgehead atoms. The Hall–Kier alpha value is -1.62. The standard InChI is InChI=1S/C10H9ClFNO3/c1-13(9(14)10(15)16)5-6-4-7(11)2-3-8(6)12/h2-4H,5H2,1H3,(H,15,16). The van der Waals surface area contributed by atoms with E-state index in [-0.39, 0.29) is 12.1 Å². The van der Waals surface area contributed by atoms with Crippen LogP contribution in [0.1, 0.15) is 5.56 Å². The first-order chi connectivity index (χ1) is 7.41. The summed E-state index contributed by atoms with van der Waals surface area (Å²) in [6, 6.07) is 3.89. The number of nitrogens with zero attached hydrogens (tertiary/aromatic N) is 1. The summed E-state index contributed by atoms with van der Waals surface area (Å²) in [6.45, 7) is -0.141. The first-order valence-corrected chi connectivity index (χ1v) is 4.72. The van der Waals surface area contributed by atoms with Crippen LogP contribution in [0.2, 0.25) is 5.02 Å². The first-order valence-electron chi connectivity index (χ1n) is 4.34. The number of halogens is 2. The second-order valence-corrected chi connectivity index (χ2v) is 3.64. The van der Waals surface area contributed by atoms with Crippen molar-refractivity contribution in [3.8, 4) is 0 Å². The second-order valence-electron chi connectivity index (χ2n) is 3.20.